The van der Waals surface area contributed by atoms with Crippen molar-refractivity contribution in [1.29, 1.82) is 0 Å². The van der Waals surface area contributed by atoms with Crippen molar-refractivity contribution in [2.45, 2.75) is 139 Å². The van der Waals surface area contributed by atoms with Gasteiger partial charge in [-0.1, -0.05) is 158 Å². The monoisotopic (exact) mass is 1760 g/mol. The van der Waals surface area contributed by atoms with Gasteiger partial charge in [0.15, 0.2) is 31.2 Å². The fourth-order valence-corrected chi connectivity index (χ4v) is 20.6. The summed E-state index contributed by atoms with van der Waals surface area (Å²) in [5.74, 6) is -12.4. The number of ketones is 2. The number of aliphatic carboxylic acids is 9. The van der Waals surface area contributed by atoms with Crippen molar-refractivity contribution in [3.05, 3.63) is 279 Å². The second kappa shape index (κ2) is 43.5. The lowest BCUT2D eigenvalue weighted by Crippen LogP contribution is -2.43. The van der Waals surface area contributed by atoms with Gasteiger partial charge in [0.2, 0.25) is 0 Å². The van der Waals surface area contributed by atoms with Crippen LogP contribution in [0, 0.1) is 35.4 Å². The number of hydrogen-bond donors (Lipinski definition) is 0. The lowest BCUT2D eigenvalue weighted by molar-refractivity contribution is -0.315. The maximum absolute atomic E-state index is 12.8. The van der Waals surface area contributed by atoms with E-state index in [2.05, 4.69) is 0 Å². The minimum absolute atomic E-state index is 0.0688. The number of carboxylic acids is 9. The summed E-state index contributed by atoms with van der Waals surface area (Å²) in [6, 6.07) is 62.1. The van der Waals surface area contributed by atoms with Crippen LogP contribution >= 0.6 is 23.5 Å². The predicted molar refractivity (Wildman–Crippen MR) is 428 cm³/mol. The molecule has 0 N–H and O–H groups in total. The Labute approximate surface area is 721 Å². The maximum Gasteiger partial charge on any atom is 0.186 e. The van der Waals surface area contributed by atoms with Gasteiger partial charge in [-0.25, -0.2) is 21.2 Å². The number of ether oxygens (including phenoxy) is 3. The van der Waals surface area contributed by atoms with Crippen molar-refractivity contribution < 1.29 is 134 Å². The summed E-state index contributed by atoms with van der Waals surface area (Å²) in [6.45, 7) is 0.222. The van der Waals surface area contributed by atoms with E-state index in [1.165, 1.54) is 52.6 Å². The molecular weight excluding hydrogens is 1680 g/mol. The third kappa shape index (κ3) is 25.1. The molecule has 9 aliphatic rings. The lowest BCUT2D eigenvalue weighted by atomic mass is 9.83. The molecule has 7 heterocycles. The molecule has 0 bridgehead atoms. The van der Waals surface area contributed by atoms with Crippen molar-refractivity contribution in [2.24, 2.45) is 29.6 Å². The zero-order valence-corrected chi connectivity index (χ0v) is 69.4. The minimum atomic E-state index is -3.74. The van der Waals surface area contributed by atoms with E-state index in [-0.39, 0.29) is 70.0 Å². The van der Waals surface area contributed by atoms with Gasteiger partial charge >= 0.3 is 0 Å². The average molecular weight is 1760 g/mol. The van der Waals surface area contributed by atoms with E-state index in [4.69, 9.17) is 14.2 Å². The second-order valence-corrected chi connectivity index (χ2v) is 36.1. The molecule has 0 amide bonds. The molecule has 27 nitrogen and oxygen atoms in total. The Morgan fingerprint density at radius 2 is 0.831 bits per heavy atom. The van der Waals surface area contributed by atoms with Gasteiger partial charge < -0.3 is 103 Å². The van der Waals surface area contributed by atoms with Crippen LogP contribution in [0.25, 0.3) is 0 Å². The molecule has 9 atom stereocenters. The smallest absolute Gasteiger partial charge is 0.186 e. The van der Waals surface area contributed by atoms with E-state index in [0.29, 0.717) is 109 Å². The molecule has 2 aliphatic carbocycles. The predicted octanol–water partition coefficient (Wildman–Crippen LogP) is 1.20. The van der Waals surface area contributed by atoms with Crippen LogP contribution in [-0.2, 0) is 121 Å². The van der Waals surface area contributed by atoms with Crippen LogP contribution in [0.5, 0.6) is 17.2 Å². The zero-order chi connectivity index (χ0) is 89.5. The summed E-state index contributed by atoms with van der Waals surface area (Å²) in [5.41, 5.74) is 9.32. The van der Waals surface area contributed by atoms with Gasteiger partial charge in [-0.3, -0.25) is 9.59 Å². The Morgan fingerprint density at radius 1 is 0.363 bits per heavy atom. The van der Waals surface area contributed by atoms with Crippen LogP contribution in [0.15, 0.2) is 232 Å². The van der Waals surface area contributed by atoms with Crippen LogP contribution in [0.4, 0.5) is 4.39 Å². The van der Waals surface area contributed by atoms with E-state index in [9.17, 15) is 120 Å². The largest absolute Gasteiger partial charge is 0.550 e. The molecule has 124 heavy (non-hydrogen) atoms. The molecule has 650 valence electrons. The quantitative estimate of drug-likeness (QED) is 0.183. The normalized spacial score (nSPS) is 21.0. The molecule has 9 unspecified atom stereocenters. The highest BCUT2D eigenvalue weighted by molar-refractivity contribution is 8.00. The lowest BCUT2D eigenvalue weighted by Gasteiger charge is -2.26. The molecule has 9 aromatic carbocycles. The van der Waals surface area contributed by atoms with Crippen molar-refractivity contribution >= 4 is 108 Å². The summed E-state index contributed by atoms with van der Waals surface area (Å²) in [4.78, 5) is 121. The molecule has 0 fully saturated rings. The number of carbonyl (C=O) groups is 11. The standard InChI is InChI=1S/2C11H10O3.C10H9FO3.2C10H10O4S.2C10H10O3.2C10H10O2S/c12-10-6-8(11(13)14)5-7-3-1-2-4-9(7)10;12-10-8-4-2-1-3-7(8)5-6-9(10)11(13)14;11-7-2-4-8-6(5-7)1-3-9(14-8)10(12)13;11-10(12)8-5-7-3-1-2-4-9(7)15(13,14)6-8;11-10(12)9-6-5-7-3-1-2-4-8(7)15(9,13)14;11-10(12)8-5-7-3-1-2-4-9(7)13-6-8;11-10(12)9-6-5-7-3-1-2-4-8(7)13-9;11-10(12)8-5-7-3-1-2-4-9(7)13-6-8;11-10(12)9-6-5-7-3-1-2-4-8(7)13-9/h1-4,8H,5-6H2,(H,13,14);1-4,9H,5-6H2,(H,13,14);2,4-5,9H,1,3H2,(H,12,13);1-4,8H,5-6H2,(H,11,12);1-4,9H,5-6H2,(H,11,12);1-4,8H,5-6H2,(H,11,12);1-4,9H,5-6H2,(H,11,12);1-4,8H,5-6H2,(H,11,12);1-4,9H,5-6H2,(H,11,12)/p-9. The number of thioether (sulfide) groups is 2. The highest BCUT2D eigenvalue weighted by Gasteiger charge is 2.36. The highest BCUT2D eigenvalue weighted by Crippen LogP contribution is 2.38. The van der Waals surface area contributed by atoms with E-state index in [1.54, 1.807) is 84.6 Å². The van der Waals surface area contributed by atoms with E-state index < -0.39 is 115 Å². The first-order valence-corrected chi connectivity index (χ1v) is 44.3. The SMILES string of the molecule is O=C([O-])C1CCc2cc(F)ccc2O1.O=C([O-])C1CCc2ccccc2C1=O.O=C([O-])C1CCc2ccccc2O1.O=C([O-])C1CCc2ccccc2S1.O=C([O-])C1CCc2ccccc2S1(=O)=O.O=C([O-])C1COc2ccccc2C1.O=C([O-])C1CSc2ccccc2C1.O=C([O-])C1Cc2ccccc2S(=O)(=O)C1.O=C1CC(C(=O)[O-])Cc2ccccc21. The minimum Gasteiger partial charge on any atom is -0.550 e. The van der Waals surface area contributed by atoms with Gasteiger partial charge in [0.25, 0.3) is 0 Å². The first-order valence-electron chi connectivity index (χ1n) is 39.3. The Kier molecular flexibility index (Phi) is 32.9. The highest BCUT2D eigenvalue weighted by atomic mass is 32.2. The number of para-hydroxylation sites is 2. The number of rotatable bonds is 9. The molecule has 0 saturated carbocycles. The van der Waals surface area contributed by atoms with Gasteiger partial charge in [-0.15, -0.1) is 23.5 Å². The summed E-state index contributed by atoms with van der Waals surface area (Å²) >= 11 is 3.01. The molecule has 32 heteroatoms. The second-order valence-electron chi connectivity index (χ2n) is 29.7. The number of sulfone groups is 2. The first kappa shape index (κ1) is 93.7. The molecule has 0 saturated heterocycles. The van der Waals surface area contributed by atoms with Crippen molar-refractivity contribution in [3.8, 4) is 17.2 Å². The van der Waals surface area contributed by atoms with Crippen LogP contribution < -0.4 is 60.2 Å². The van der Waals surface area contributed by atoms with Gasteiger partial charge in [-0.2, -0.15) is 0 Å². The summed E-state index contributed by atoms with van der Waals surface area (Å²) in [6.07, 6.45) is 5.33. The number of carbonyl (C=O) groups excluding carboxylic acids is 11. The average Bonchev–Trinajstić information content (AvgIpc) is 0.804. The van der Waals surface area contributed by atoms with Gasteiger partial charge in [-0.05, 0) is 195 Å². The van der Waals surface area contributed by atoms with Crippen LogP contribution in [-0.4, -0.2) is 123 Å². The number of benzene rings is 9. The summed E-state index contributed by atoms with van der Waals surface area (Å²) < 4.78 is 75.4. The van der Waals surface area contributed by atoms with E-state index >= 15 is 0 Å². The maximum atomic E-state index is 12.8. The third-order valence-corrected chi connectivity index (χ3v) is 28.0. The van der Waals surface area contributed by atoms with Gasteiger partial charge in [0, 0.05) is 85.9 Å². The van der Waals surface area contributed by atoms with E-state index in [1.807, 2.05) is 109 Å². The Balaban J connectivity index is 0.000000146. The molecule has 0 radical (unpaired) electrons. The molecule has 0 aromatic heterocycles. The summed E-state index contributed by atoms with van der Waals surface area (Å²) in [5, 5.41) is 93.8. The van der Waals surface area contributed by atoms with Crippen LogP contribution in [0.2, 0.25) is 0 Å². The van der Waals surface area contributed by atoms with Crippen LogP contribution in [0.1, 0.15) is 109 Å². The topological polar surface area (TPSA) is 491 Å². The van der Waals surface area contributed by atoms with Crippen LogP contribution in [0.3, 0.4) is 0 Å². The van der Waals surface area contributed by atoms with Crippen molar-refractivity contribution in [3.63, 3.8) is 0 Å². The Hall–Kier alpha value is -12.5. The van der Waals surface area contributed by atoms with Crippen molar-refractivity contribution in [1.82, 2.24) is 0 Å². The number of halogens is 1. The third-order valence-electron chi connectivity index (χ3n) is 21.3. The Morgan fingerprint density at radius 3 is 1.44 bits per heavy atom. The zero-order valence-electron chi connectivity index (χ0n) is 66.2. The fourth-order valence-electron chi connectivity index (χ4n) is 14.7. The fraction of sp³-hybridized carbons (Fsp3) is 0.293. The number of hydrogen-bond acceptors (Lipinski definition) is 29. The Bertz CT molecular complexity index is 5430. The number of Topliss-reactive ketones (excluding diaryl/α,β-unsaturated/α-hetero) is 2. The number of carboxylic acid groups (broad SMARTS) is 9. The molecule has 9 aromatic rings. The molecule has 0 spiro atoms. The number of aryl methyl sites for hydroxylation is 5. The first-order chi connectivity index (χ1) is 59.2. The van der Waals surface area contributed by atoms with Gasteiger partial charge in [0.1, 0.15) is 40.5 Å². The number of fused-ring (bicyclic) bond motifs is 9. The molecule has 18 rings (SSSR count). The van der Waals surface area contributed by atoms with Crippen molar-refractivity contribution in [2.75, 3.05) is 18.1 Å². The van der Waals surface area contributed by atoms with Gasteiger partial charge in [0.05, 0.1) is 57.9 Å². The van der Waals surface area contributed by atoms with E-state index in [0.717, 1.165) is 51.3 Å². The molecule has 7 aliphatic heterocycles. The molecular formula is C92H80FO27S4-9. The summed E-state index contributed by atoms with van der Waals surface area (Å²) in [7, 11) is -7.20.